The average molecular weight is 213 g/mol. The Hall–Kier alpha value is 1.43. The Labute approximate surface area is 103 Å². The van der Waals surface area contributed by atoms with Crippen molar-refractivity contribution in [2.45, 2.75) is 12.8 Å². The van der Waals surface area contributed by atoms with Gasteiger partial charge in [-0.3, -0.25) is 0 Å². The number of aliphatic hydroxyl groups is 3. The Morgan fingerprint density at radius 3 is 1.73 bits per heavy atom. The van der Waals surface area contributed by atoms with Crippen molar-refractivity contribution >= 4 is 50.1 Å². The van der Waals surface area contributed by atoms with Gasteiger partial charge in [-0.05, 0) is 12.8 Å². The topological polar surface area (TPSA) is 60.7 Å². The summed E-state index contributed by atoms with van der Waals surface area (Å²) in [5, 5.41) is 25.4. The second-order valence-electron chi connectivity index (χ2n) is 2.10. The normalized spacial score (nSPS) is 8.73. The zero-order valence-electron chi connectivity index (χ0n) is 5.86. The minimum atomic E-state index is -0.0443. The Bertz CT molecular complexity index is 61.8. The van der Waals surface area contributed by atoms with E-state index in [0.29, 0.717) is 12.8 Å². The predicted octanol–water partition coefficient (Wildman–Crippen LogP) is -1.13. The van der Waals surface area contributed by atoms with Crippen LogP contribution in [0.25, 0.3) is 0 Å². The van der Waals surface area contributed by atoms with Gasteiger partial charge in [0.1, 0.15) is 0 Å². The van der Waals surface area contributed by atoms with E-state index in [1.807, 2.05) is 0 Å². The first-order valence-electron chi connectivity index (χ1n) is 3.17. The van der Waals surface area contributed by atoms with Gasteiger partial charge in [-0.1, -0.05) is 0 Å². The number of rotatable bonds is 5. The maximum absolute atomic E-state index is 8.51. The molecule has 3 nitrogen and oxygen atoms in total. The molecule has 11 heavy (non-hydrogen) atoms. The summed E-state index contributed by atoms with van der Waals surface area (Å²) in [6.45, 7) is 0.156. The molecule has 0 aromatic rings. The van der Waals surface area contributed by atoms with Crippen molar-refractivity contribution in [3.8, 4) is 0 Å². The molecule has 0 spiro atoms. The van der Waals surface area contributed by atoms with Crippen LogP contribution in [0.3, 0.4) is 0 Å². The summed E-state index contributed by atoms with van der Waals surface area (Å²) in [4.78, 5) is 0. The van der Waals surface area contributed by atoms with Gasteiger partial charge in [-0.25, -0.2) is 0 Å². The van der Waals surface area contributed by atoms with E-state index in [-0.39, 0.29) is 75.9 Å². The van der Waals surface area contributed by atoms with Crippen LogP contribution in [0.4, 0.5) is 0 Å². The molecule has 0 saturated heterocycles. The van der Waals surface area contributed by atoms with Gasteiger partial charge in [0.25, 0.3) is 0 Å². The molecule has 5 heteroatoms. The Morgan fingerprint density at radius 2 is 1.45 bits per heavy atom. The molecule has 68 valence electrons. The van der Waals surface area contributed by atoms with Gasteiger partial charge in [0.05, 0.1) is 0 Å². The van der Waals surface area contributed by atoms with Crippen LogP contribution in [0.5, 0.6) is 0 Å². The van der Waals surface area contributed by atoms with E-state index in [1.165, 1.54) is 0 Å². The molecule has 0 amide bonds. The molecule has 0 radical (unpaired) electrons. The number of hydrogen-bond donors (Lipinski definition) is 3. The second kappa shape index (κ2) is 14.0. The van der Waals surface area contributed by atoms with Gasteiger partial charge in [-0.2, -0.15) is 0 Å². The van der Waals surface area contributed by atoms with Crippen LogP contribution in [-0.4, -0.2) is 72.9 Å². The van der Waals surface area contributed by atoms with Gasteiger partial charge in [0.15, 0.2) is 0 Å². The molecule has 0 fully saturated rings. The molecule has 3 N–H and O–H groups in total. The maximum atomic E-state index is 8.51. The van der Waals surface area contributed by atoms with Crippen molar-refractivity contribution in [1.82, 2.24) is 0 Å². The van der Waals surface area contributed by atoms with E-state index in [0.717, 1.165) is 0 Å². The van der Waals surface area contributed by atoms with E-state index in [9.17, 15) is 0 Å². The Morgan fingerprint density at radius 1 is 1.00 bits per heavy atom. The first-order chi connectivity index (χ1) is 4.35. The molecule has 0 aliphatic carbocycles. The fraction of sp³-hybridized carbons (Fsp3) is 1.00. The molecule has 0 aliphatic heterocycles. The van der Waals surface area contributed by atoms with Crippen LogP contribution in [0.2, 0.25) is 0 Å². The summed E-state index contributed by atoms with van der Waals surface area (Å²) in [5.74, 6) is -0.0443. The van der Waals surface area contributed by atoms with Crippen LogP contribution in [-0.2, 0) is 0 Å². The quantitative estimate of drug-likeness (QED) is 0.506. The van der Waals surface area contributed by atoms with Gasteiger partial charge in [-0.15, -0.1) is 12.4 Å². The van der Waals surface area contributed by atoms with Crippen LogP contribution in [0.15, 0.2) is 0 Å². The molecule has 0 saturated carbocycles. The number of hydrogen-bond acceptors (Lipinski definition) is 3. The van der Waals surface area contributed by atoms with Gasteiger partial charge < -0.3 is 15.3 Å². The monoisotopic (exact) mass is 212 g/mol. The van der Waals surface area contributed by atoms with Gasteiger partial charge in [0, 0.05) is 25.7 Å². The van der Waals surface area contributed by atoms with Crippen molar-refractivity contribution in [1.29, 1.82) is 0 Å². The zero-order valence-corrected chi connectivity index (χ0v) is 6.68. The average Bonchev–Trinajstić information content (AvgIpc) is 1.91. The van der Waals surface area contributed by atoms with Crippen molar-refractivity contribution in [3.05, 3.63) is 0 Å². The summed E-state index contributed by atoms with van der Waals surface area (Å²) >= 11 is 0. The summed E-state index contributed by atoms with van der Waals surface area (Å²) < 4.78 is 0. The molecule has 0 rings (SSSR count). The Balaban J connectivity index is -0.000000320. The van der Waals surface area contributed by atoms with Crippen molar-refractivity contribution in [2.24, 2.45) is 5.92 Å². The first-order valence-corrected chi connectivity index (χ1v) is 3.17. The molecule has 0 unspecified atom stereocenters. The van der Waals surface area contributed by atoms with Crippen LogP contribution >= 0.6 is 12.4 Å². The molecule has 0 aliphatic rings. The molecule has 0 atom stereocenters. The third-order valence-corrected chi connectivity index (χ3v) is 1.29. The summed E-state index contributed by atoms with van der Waals surface area (Å²) in [7, 11) is 0. The third kappa shape index (κ3) is 11.4. The minimum absolute atomic E-state index is 0. The second-order valence-corrected chi connectivity index (χ2v) is 2.10. The summed E-state index contributed by atoms with van der Waals surface area (Å²) in [5.41, 5.74) is 0. The van der Waals surface area contributed by atoms with Crippen LogP contribution in [0, 0.1) is 5.92 Å². The fourth-order valence-corrected chi connectivity index (χ4v) is 0.620. The summed E-state index contributed by atoms with van der Waals surface area (Å²) in [6, 6.07) is 0. The van der Waals surface area contributed by atoms with Crippen LogP contribution in [0.1, 0.15) is 12.8 Å². The number of aliphatic hydroxyl groups excluding tert-OH is 3. The number of halogens is 1. The fourth-order valence-electron chi connectivity index (χ4n) is 0.620. The predicted molar refractivity (Wildman–Crippen MR) is 49.8 cm³/mol. The third-order valence-electron chi connectivity index (χ3n) is 1.29. The van der Waals surface area contributed by atoms with E-state index in [2.05, 4.69) is 0 Å². The van der Waals surface area contributed by atoms with Gasteiger partial charge in [0.2, 0.25) is 0 Å². The molecule has 0 bridgehead atoms. The summed E-state index contributed by atoms with van der Waals surface area (Å²) in [6.07, 6.45) is 1.36. The molecule has 0 aromatic carbocycles. The van der Waals surface area contributed by atoms with E-state index < -0.39 is 0 Å². The van der Waals surface area contributed by atoms with Crippen molar-refractivity contribution < 1.29 is 15.3 Å². The van der Waals surface area contributed by atoms with Crippen molar-refractivity contribution in [3.63, 3.8) is 0 Å². The first kappa shape index (κ1) is 18.3. The zero-order chi connectivity index (χ0) is 7.11. The SMILES string of the molecule is Cl.OCCCC(CO)CO.[CaH2]. The van der Waals surface area contributed by atoms with Gasteiger partial charge >= 0.3 is 37.7 Å². The standard InChI is InChI=1S/C6H14O3.Ca.ClH.2H/c7-3-1-2-6(4-8)5-9;;;;/h6-9H,1-5H2;;1H;;. The molecule has 0 aromatic heterocycles. The molecular formula is C6H17CaClO3. The Kier molecular flexibility index (Phi) is 23.2. The molecular weight excluding hydrogens is 196 g/mol. The van der Waals surface area contributed by atoms with Crippen molar-refractivity contribution in [2.75, 3.05) is 19.8 Å². The van der Waals surface area contributed by atoms with E-state index in [1.54, 1.807) is 0 Å². The van der Waals surface area contributed by atoms with E-state index >= 15 is 0 Å². The van der Waals surface area contributed by atoms with Crippen LogP contribution < -0.4 is 0 Å². The molecule has 0 heterocycles. The van der Waals surface area contributed by atoms with E-state index in [4.69, 9.17) is 15.3 Å².